The summed E-state index contributed by atoms with van der Waals surface area (Å²) in [5.41, 5.74) is 3.00. The highest BCUT2D eigenvalue weighted by Crippen LogP contribution is 2.60. The minimum Gasteiger partial charge on any atom is -0.300 e. The second-order valence-electron chi connectivity index (χ2n) is 8.62. The number of Topliss-reactive ketones (excluding diaryl/α,β-unsaturated/α-hetero) is 1. The molecule has 0 spiro atoms. The van der Waals surface area contributed by atoms with Crippen molar-refractivity contribution in [1.82, 2.24) is 9.88 Å². The lowest BCUT2D eigenvalue weighted by molar-refractivity contribution is -0.121. The maximum atomic E-state index is 15.1. The average Bonchev–Trinajstić information content (AvgIpc) is 2.95. The van der Waals surface area contributed by atoms with Gasteiger partial charge in [0.25, 0.3) is 0 Å². The number of likely N-dealkylation sites (tertiary alicyclic amines) is 1. The predicted octanol–water partition coefficient (Wildman–Crippen LogP) is 5.08. The average molecular weight is 411 g/mol. The van der Waals surface area contributed by atoms with Crippen molar-refractivity contribution in [1.29, 1.82) is 0 Å². The van der Waals surface area contributed by atoms with Crippen molar-refractivity contribution in [2.24, 2.45) is 0 Å². The lowest BCUT2D eigenvalue weighted by atomic mass is 9.84. The normalized spacial score (nSPS) is 26.2. The first kappa shape index (κ1) is 20.3. The first-order valence-corrected chi connectivity index (χ1v) is 11.0. The molecule has 3 heterocycles. The number of hydrogen-bond donors (Lipinski definition) is 0. The quantitative estimate of drug-likeness (QED) is 0.704. The number of carbonyl (C=O) groups is 1. The van der Waals surface area contributed by atoms with Gasteiger partial charge >= 0.3 is 0 Å². The van der Waals surface area contributed by atoms with E-state index in [1.807, 2.05) is 42.2 Å². The van der Waals surface area contributed by atoms with Crippen molar-refractivity contribution in [3.8, 4) is 0 Å². The summed E-state index contributed by atoms with van der Waals surface area (Å²) in [7, 11) is 0. The third-order valence-corrected chi connectivity index (χ3v) is 7.44. The van der Waals surface area contributed by atoms with Gasteiger partial charge in [-0.2, -0.15) is 0 Å². The molecule has 1 aromatic heterocycles. The van der Waals surface area contributed by atoms with Gasteiger partial charge in [0.1, 0.15) is 11.6 Å². The minimum absolute atomic E-state index is 0.0120. The molecule has 0 radical (unpaired) electrons. The van der Waals surface area contributed by atoms with E-state index in [9.17, 15) is 4.79 Å². The molecule has 2 aromatic rings. The Labute approximate surface area is 176 Å². The summed E-state index contributed by atoms with van der Waals surface area (Å²) in [6.07, 6.45) is 7.87. The summed E-state index contributed by atoms with van der Waals surface area (Å²) in [4.78, 5) is 18.3. The number of nitrogens with zero attached hydrogens (tertiary/aromatic N) is 2. The van der Waals surface area contributed by atoms with Crippen molar-refractivity contribution in [3.63, 3.8) is 0 Å². The number of piperidine rings is 1. The van der Waals surface area contributed by atoms with Gasteiger partial charge in [0, 0.05) is 55.2 Å². The molecule has 29 heavy (non-hydrogen) atoms. The van der Waals surface area contributed by atoms with Crippen molar-refractivity contribution >= 4 is 23.6 Å². The molecule has 152 valence electrons. The van der Waals surface area contributed by atoms with E-state index in [0.717, 1.165) is 30.6 Å². The Morgan fingerprint density at radius 2 is 1.93 bits per heavy atom. The maximum absolute atomic E-state index is 15.1. The Morgan fingerprint density at radius 3 is 2.62 bits per heavy atom. The van der Waals surface area contributed by atoms with Crippen molar-refractivity contribution in [2.45, 2.75) is 42.6 Å². The van der Waals surface area contributed by atoms with Crippen molar-refractivity contribution < 1.29 is 9.18 Å². The maximum Gasteiger partial charge on any atom is 0.135 e. The zero-order valence-electron chi connectivity index (χ0n) is 17.0. The lowest BCUT2D eigenvalue weighted by Gasteiger charge is -2.39. The summed E-state index contributed by atoms with van der Waals surface area (Å²) in [5, 5.41) is 0. The molecule has 2 aliphatic rings. The van der Waals surface area contributed by atoms with Crippen molar-refractivity contribution in [2.75, 3.05) is 19.6 Å². The molecule has 1 atom stereocenters. The Balaban J connectivity index is 1.82. The van der Waals surface area contributed by atoms with E-state index >= 15 is 4.39 Å². The SMILES string of the molecule is CC1(C)CC(=Cc2cccnc2)C(CN2CCC(=O)CC2)(c2ccccc2F)S1. The van der Waals surface area contributed by atoms with Crippen LogP contribution >= 0.6 is 11.8 Å². The van der Waals surface area contributed by atoms with Crippen LogP contribution in [-0.4, -0.2) is 40.0 Å². The number of halogens is 1. The number of thioether (sulfide) groups is 1. The number of carbonyl (C=O) groups excluding carboxylic acids is 1. The summed E-state index contributed by atoms with van der Waals surface area (Å²) < 4.78 is 14.6. The molecule has 5 heteroatoms. The van der Waals surface area contributed by atoms with Gasteiger partial charge in [-0.3, -0.25) is 9.78 Å². The highest BCUT2D eigenvalue weighted by molar-refractivity contribution is 8.02. The van der Waals surface area contributed by atoms with Gasteiger partial charge in [0.2, 0.25) is 0 Å². The highest BCUT2D eigenvalue weighted by atomic mass is 32.2. The molecule has 0 N–H and O–H groups in total. The van der Waals surface area contributed by atoms with Crippen LogP contribution in [0, 0.1) is 5.82 Å². The Morgan fingerprint density at radius 1 is 1.17 bits per heavy atom. The number of rotatable bonds is 4. The summed E-state index contributed by atoms with van der Waals surface area (Å²) >= 11 is 1.85. The number of pyridine rings is 1. The number of aromatic nitrogens is 1. The Bertz CT molecular complexity index is 917. The second-order valence-corrected chi connectivity index (χ2v) is 10.6. The van der Waals surface area contributed by atoms with Gasteiger partial charge in [0.05, 0.1) is 4.75 Å². The van der Waals surface area contributed by atoms with Crippen LogP contribution in [-0.2, 0) is 9.54 Å². The highest BCUT2D eigenvalue weighted by Gasteiger charge is 2.51. The third kappa shape index (κ3) is 4.31. The van der Waals surface area contributed by atoms with Gasteiger partial charge in [-0.05, 0) is 29.7 Å². The van der Waals surface area contributed by atoms with Crippen LogP contribution in [0.2, 0.25) is 0 Å². The fourth-order valence-electron chi connectivity index (χ4n) is 4.52. The van der Waals surface area contributed by atoms with Gasteiger partial charge in [-0.15, -0.1) is 11.8 Å². The summed E-state index contributed by atoms with van der Waals surface area (Å²) in [5.74, 6) is 0.162. The van der Waals surface area contributed by atoms with E-state index in [1.165, 1.54) is 5.57 Å². The molecule has 0 saturated carbocycles. The van der Waals surface area contributed by atoms with Gasteiger partial charge in [-0.1, -0.05) is 44.2 Å². The van der Waals surface area contributed by atoms with Crippen LogP contribution in [0.25, 0.3) is 6.08 Å². The molecule has 2 saturated heterocycles. The third-order valence-electron chi connectivity index (χ3n) is 5.78. The lowest BCUT2D eigenvalue weighted by Crippen LogP contribution is -2.43. The summed E-state index contributed by atoms with van der Waals surface area (Å²) in [6.45, 7) is 6.67. The first-order chi connectivity index (χ1) is 13.9. The zero-order chi connectivity index (χ0) is 20.5. The predicted molar refractivity (Wildman–Crippen MR) is 117 cm³/mol. The smallest absolute Gasteiger partial charge is 0.135 e. The zero-order valence-corrected chi connectivity index (χ0v) is 17.8. The Kier molecular flexibility index (Phi) is 5.63. The van der Waals surface area contributed by atoms with E-state index in [1.54, 1.807) is 18.3 Å². The second kappa shape index (κ2) is 8.04. The molecule has 2 aliphatic heterocycles. The van der Waals surface area contributed by atoms with E-state index in [4.69, 9.17) is 0 Å². The molecule has 4 rings (SSSR count). The number of ketones is 1. The van der Waals surface area contributed by atoms with Crippen LogP contribution in [0.5, 0.6) is 0 Å². The van der Waals surface area contributed by atoms with Crippen LogP contribution in [0.4, 0.5) is 4.39 Å². The largest absolute Gasteiger partial charge is 0.300 e. The molecule has 1 aromatic carbocycles. The Hall–Kier alpha value is -1.98. The van der Waals surface area contributed by atoms with E-state index < -0.39 is 4.75 Å². The van der Waals surface area contributed by atoms with Gasteiger partial charge in [-0.25, -0.2) is 4.39 Å². The monoisotopic (exact) mass is 410 g/mol. The molecule has 0 bridgehead atoms. The van der Waals surface area contributed by atoms with Crippen LogP contribution in [0.3, 0.4) is 0 Å². The van der Waals surface area contributed by atoms with Crippen LogP contribution in [0.1, 0.15) is 44.2 Å². The van der Waals surface area contributed by atoms with Crippen LogP contribution < -0.4 is 0 Å². The van der Waals surface area contributed by atoms with Gasteiger partial charge < -0.3 is 4.90 Å². The molecule has 3 nitrogen and oxygen atoms in total. The number of hydrogen-bond acceptors (Lipinski definition) is 4. The van der Waals surface area contributed by atoms with E-state index in [2.05, 4.69) is 29.8 Å². The summed E-state index contributed by atoms with van der Waals surface area (Å²) in [6, 6.07) is 11.1. The van der Waals surface area contributed by atoms with Gasteiger partial charge in [0.15, 0.2) is 0 Å². The fraction of sp³-hybridized carbons (Fsp3) is 0.417. The first-order valence-electron chi connectivity index (χ1n) is 10.2. The number of benzene rings is 1. The minimum atomic E-state index is -0.481. The molecule has 0 amide bonds. The molecular formula is C24H27FN2OS. The molecule has 1 unspecified atom stereocenters. The molecular weight excluding hydrogens is 383 g/mol. The van der Waals surface area contributed by atoms with E-state index in [0.29, 0.717) is 25.2 Å². The van der Waals surface area contributed by atoms with Crippen LogP contribution in [0.15, 0.2) is 54.4 Å². The topological polar surface area (TPSA) is 33.2 Å². The molecule has 2 fully saturated rings. The fourth-order valence-corrected chi connectivity index (χ4v) is 6.47. The van der Waals surface area contributed by atoms with Crippen molar-refractivity contribution in [3.05, 3.63) is 71.3 Å². The molecule has 0 aliphatic carbocycles. The standard InChI is InChI=1S/C24H27FN2OS/c1-23(2)15-19(14-18-6-5-11-26-16-18)24(29-23,21-7-3-4-8-22(21)25)17-27-12-9-20(28)10-13-27/h3-8,11,14,16H,9-10,12-13,15,17H2,1-2H3. The van der Waals surface area contributed by atoms with E-state index in [-0.39, 0.29) is 10.6 Å².